The molecule has 2 aliphatic carbocycles. The van der Waals surface area contributed by atoms with E-state index < -0.39 is 0 Å². The Labute approximate surface area is 128 Å². The Bertz CT molecular complexity index is 460. The molecule has 4 rings (SSSR count). The molecule has 2 heteroatoms. The van der Waals surface area contributed by atoms with Gasteiger partial charge < -0.3 is 10.2 Å². The summed E-state index contributed by atoms with van der Waals surface area (Å²) >= 11 is 0. The number of hydrogen-bond acceptors (Lipinski definition) is 2. The maximum absolute atomic E-state index is 3.87. The maximum Gasteiger partial charge on any atom is 0.0143 e. The average Bonchev–Trinajstić information content (AvgIpc) is 3.43. The molecule has 114 valence electrons. The van der Waals surface area contributed by atoms with Gasteiger partial charge in [-0.2, -0.15) is 0 Å². The number of nitrogens with zero attached hydrogens (tertiary/aromatic N) is 1. The largest absolute Gasteiger partial charge is 0.313 e. The van der Waals surface area contributed by atoms with Crippen LogP contribution in [0.2, 0.25) is 0 Å². The molecule has 2 nitrogen and oxygen atoms in total. The molecule has 0 aromatic heterocycles. The van der Waals surface area contributed by atoms with E-state index in [1.54, 1.807) is 0 Å². The van der Waals surface area contributed by atoms with Crippen molar-refractivity contribution in [2.45, 2.75) is 50.5 Å². The summed E-state index contributed by atoms with van der Waals surface area (Å²) in [5.74, 6) is 0.775. The molecule has 1 aliphatic heterocycles. The minimum atomic E-state index is 0.626. The first-order valence-corrected chi connectivity index (χ1v) is 8.85. The minimum absolute atomic E-state index is 0.626. The molecule has 3 aliphatic rings. The van der Waals surface area contributed by atoms with Crippen molar-refractivity contribution in [2.75, 3.05) is 26.2 Å². The summed E-state index contributed by atoms with van der Waals surface area (Å²) in [4.78, 5) is 2.72. The Balaban J connectivity index is 1.24. The molecule has 1 heterocycles. The molecule has 1 N–H and O–H groups in total. The monoisotopic (exact) mass is 284 g/mol. The molecule has 1 aromatic rings. The zero-order chi connectivity index (χ0) is 14.1. The summed E-state index contributed by atoms with van der Waals surface area (Å²) in [6, 6.07) is 11.8. The van der Waals surface area contributed by atoms with E-state index in [1.807, 2.05) is 0 Å². The van der Waals surface area contributed by atoms with Crippen LogP contribution in [0, 0.1) is 5.41 Å². The second-order valence-corrected chi connectivity index (χ2v) is 7.58. The zero-order valence-electron chi connectivity index (χ0n) is 13.1. The summed E-state index contributed by atoms with van der Waals surface area (Å²) in [5, 5.41) is 3.87. The predicted octanol–water partition coefficient (Wildman–Crippen LogP) is 3.40. The predicted molar refractivity (Wildman–Crippen MR) is 87.5 cm³/mol. The van der Waals surface area contributed by atoms with Gasteiger partial charge in [-0.1, -0.05) is 36.8 Å². The molecule has 1 saturated heterocycles. The van der Waals surface area contributed by atoms with Crippen LogP contribution in [-0.2, 0) is 0 Å². The van der Waals surface area contributed by atoms with E-state index in [0.29, 0.717) is 5.41 Å². The summed E-state index contributed by atoms with van der Waals surface area (Å²) < 4.78 is 0. The van der Waals surface area contributed by atoms with Gasteiger partial charge in [0.15, 0.2) is 0 Å². The van der Waals surface area contributed by atoms with E-state index >= 15 is 0 Å². The van der Waals surface area contributed by atoms with Gasteiger partial charge >= 0.3 is 0 Å². The van der Waals surface area contributed by atoms with Crippen molar-refractivity contribution in [3.05, 3.63) is 35.9 Å². The first-order valence-electron chi connectivity index (χ1n) is 8.85. The number of benzene rings is 1. The van der Waals surface area contributed by atoms with Gasteiger partial charge in [0.05, 0.1) is 0 Å². The Kier molecular flexibility index (Phi) is 3.76. The van der Waals surface area contributed by atoms with Crippen molar-refractivity contribution < 1.29 is 0 Å². The van der Waals surface area contributed by atoms with Gasteiger partial charge in [0.2, 0.25) is 0 Å². The third-order valence-corrected chi connectivity index (χ3v) is 5.72. The Hall–Kier alpha value is -0.860. The van der Waals surface area contributed by atoms with Crippen LogP contribution in [0.15, 0.2) is 30.3 Å². The van der Waals surface area contributed by atoms with Gasteiger partial charge in [-0.25, -0.2) is 0 Å². The molecular weight excluding hydrogens is 256 g/mol. The van der Waals surface area contributed by atoms with Crippen LogP contribution in [0.5, 0.6) is 0 Å². The first-order chi connectivity index (χ1) is 10.3. The van der Waals surface area contributed by atoms with E-state index in [9.17, 15) is 0 Å². The second kappa shape index (κ2) is 5.73. The molecule has 1 aromatic carbocycles. The number of nitrogens with one attached hydrogen (secondary N) is 1. The van der Waals surface area contributed by atoms with Crippen molar-refractivity contribution in [1.82, 2.24) is 10.2 Å². The highest BCUT2D eigenvalue weighted by Crippen LogP contribution is 2.48. The lowest BCUT2D eigenvalue weighted by Crippen LogP contribution is -2.39. The highest BCUT2D eigenvalue weighted by atomic mass is 15.1. The van der Waals surface area contributed by atoms with E-state index in [2.05, 4.69) is 40.5 Å². The molecular formula is C19H28N2. The molecule has 21 heavy (non-hydrogen) atoms. The van der Waals surface area contributed by atoms with Crippen molar-refractivity contribution in [3.63, 3.8) is 0 Å². The van der Waals surface area contributed by atoms with Crippen LogP contribution < -0.4 is 5.32 Å². The summed E-state index contributed by atoms with van der Waals surface area (Å²) in [5.41, 5.74) is 2.15. The van der Waals surface area contributed by atoms with Crippen LogP contribution >= 0.6 is 0 Å². The van der Waals surface area contributed by atoms with Crippen LogP contribution in [0.25, 0.3) is 0 Å². The van der Waals surface area contributed by atoms with Crippen LogP contribution in [0.3, 0.4) is 0 Å². The molecule has 0 radical (unpaired) electrons. The molecule has 1 unspecified atom stereocenters. The van der Waals surface area contributed by atoms with Gasteiger partial charge in [0, 0.05) is 25.0 Å². The maximum atomic E-state index is 3.87. The third kappa shape index (κ3) is 3.32. The molecule has 2 atom stereocenters. The van der Waals surface area contributed by atoms with Gasteiger partial charge in [0.1, 0.15) is 0 Å². The summed E-state index contributed by atoms with van der Waals surface area (Å²) in [6.07, 6.45) is 8.51. The fourth-order valence-corrected chi connectivity index (χ4v) is 4.00. The fraction of sp³-hybridized carbons (Fsp3) is 0.684. The van der Waals surface area contributed by atoms with Crippen LogP contribution in [0.1, 0.15) is 50.0 Å². The van der Waals surface area contributed by atoms with E-state index in [0.717, 1.165) is 12.0 Å². The Morgan fingerprint density at radius 1 is 1.05 bits per heavy atom. The lowest BCUT2D eigenvalue weighted by Gasteiger charge is -2.30. The first kappa shape index (κ1) is 13.8. The quantitative estimate of drug-likeness (QED) is 0.861. The molecule has 0 spiro atoms. The smallest absolute Gasteiger partial charge is 0.0143 e. The molecule has 2 saturated carbocycles. The van der Waals surface area contributed by atoms with Crippen molar-refractivity contribution in [2.24, 2.45) is 5.41 Å². The summed E-state index contributed by atoms with van der Waals surface area (Å²) in [7, 11) is 0. The highest BCUT2D eigenvalue weighted by Gasteiger charge is 2.46. The van der Waals surface area contributed by atoms with Crippen molar-refractivity contribution in [1.29, 1.82) is 0 Å². The van der Waals surface area contributed by atoms with E-state index in [1.165, 1.54) is 70.3 Å². The standard InChI is InChI=1S/C19H28N2/c1-3-7-16(8-4-1)17-13-18(17)20-14-19(9-10-19)15-21-11-5-2-6-12-21/h1,3-4,7-8,17-18,20H,2,5-6,9-15H2/t17?,18-/m0/s1. The number of rotatable bonds is 6. The van der Waals surface area contributed by atoms with Crippen LogP contribution in [0.4, 0.5) is 0 Å². The minimum Gasteiger partial charge on any atom is -0.313 e. The van der Waals surface area contributed by atoms with Gasteiger partial charge in [-0.15, -0.1) is 0 Å². The topological polar surface area (TPSA) is 15.3 Å². The number of hydrogen-bond donors (Lipinski definition) is 1. The van der Waals surface area contributed by atoms with Crippen molar-refractivity contribution >= 4 is 0 Å². The molecule has 0 amide bonds. The van der Waals surface area contributed by atoms with E-state index in [4.69, 9.17) is 0 Å². The van der Waals surface area contributed by atoms with Gasteiger partial charge in [-0.3, -0.25) is 0 Å². The van der Waals surface area contributed by atoms with Gasteiger partial charge in [0.25, 0.3) is 0 Å². The lowest BCUT2D eigenvalue weighted by atomic mass is 10.0. The zero-order valence-corrected chi connectivity index (χ0v) is 13.1. The number of piperidine rings is 1. The Morgan fingerprint density at radius 3 is 2.52 bits per heavy atom. The number of likely N-dealkylation sites (tertiary alicyclic amines) is 1. The van der Waals surface area contributed by atoms with Gasteiger partial charge in [-0.05, 0) is 56.2 Å². The highest BCUT2D eigenvalue weighted by molar-refractivity contribution is 5.27. The molecule has 0 bridgehead atoms. The molecule has 3 fully saturated rings. The Morgan fingerprint density at radius 2 is 1.81 bits per heavy atom. The third-order valence-electron chi connectivity index (χ3n) is 5.72. The lowest BCUT2D eigenvalue weighted by molar-refractivity contribution is 0.183. The average molecular weight is 284 g/mol. The normalized spacial score (nSPS) is 31.0. The van der Waals surface area contributed by atoms with Crippen LogP contribution in [-0.4, -0.2) is 37.1 Å². The summed E-state index contributed by atoms with van der Waals surface area (Å²) in [6.45, 7) is 5.29. The SMILES string of the molecule is c1ccc(C2C[C@@H]2NCC2(CN3CCCCC3)CC2)cc1. The van der Waals surface area contributed by atoms with Crippen molar-refractivity contribution in [3.8, 4) is 0 Å². The second-order valence-electron chi connectivity index (χ2n) is 7.58. The fourth-order valence-electron chi connectivity index (χ4n) is 4.00. The van der Waals surface area contributed by atoms with E-state index in [-0.39, 0.29) is 0 Å².